The average Bonchev–Trinajstić information content (AvgIpc) is 3.31. The number of rotatable bonds is 6. The summed E-state index contributed by atoms with van der Waals surface area (Å²) in [6.45, 7) is 0.751. The van der Waals surface area contributed by atoms with Gasteiger partial charge >= 0.3 is 0 Å². The summed E-state index contributed by atoms with van der Waals surface area (Å²) < 4.78 is 1.99. The zero-order valence-corrected chi connectivity index (χ0v) is 16.9. The van der Waals surface area contributed by atoms with Crippen molar-refractivity contribution in [3.63, 3.8) is 0 Å². The number of carbonyl (C=O) groups excluding carboxylic acids is 1. The maximum Gasteiger partial charge on any atom is 0.236 e. The number of amides is 1. The summed E-state index contributed by atoms with van der Waals surface area (Å²) in [5, 5.41) is 6.98. The van der Waals surface area contributed by atoms with Gasteiger partial charge in [-0.15, -0.1) is 0 Å². The van der Waals surface area contributed by atoms with Crippen molar-refractivity contribution in [3.8, 4) is 11.4 Å². The molecule has 0 radical (unpaired) electrons. The maximum atomic E-state index is 12.0. The first-order valence-corrected chi connectivity index (χ1v) is 9.38. The molecule has 0 fully saturated rings. The van der Waals surface area contributed by atoms with Gasteiger partial charge in [-0.3, -0.25) is 4.79 Å². The predicted molar refractivity (Wildman–Crippen MR) is 114 cm³/mol. The monoisotopic (exact) mass is 392 g/mol. The van der Waals surface area contributed by atoms with E-state index in [0.29, 0.717) is 13.1 Å². The number of anilines is 1. The normalized spacial score (nSPS) is 11.3. The summed E-state index contributed by atoms with van der Waals surface area (Å²) in [6, 6.07) is 7.87. The number of hydrogen-bond donors (Lipinski definition) is 3. The first kappa shape index (κ1) is 18.9. The van der Waals surface area contributed by atoms with Crippen LogP contribution in [0.25, 0.3) is 33.5 Å². The third kappa shape index (κ3) is 3.40. The topological polar surface area (TPSA) is 104 Å². The summed E-state index contributed by atoms with van der Waals surface area (Å²) in [5.74, 6) is 0.751. The SMILES string of the molecule is CNCC(=O)N(C)Cc1cccc(-c2cc3c(nc(NC)c4ncn(C)c43)[nH]2)n1. The number of pyridine rings is 2. The van der Waals surface area contributed by atoms with Crippen molar-refractivity contribution in [2.75, 3.05) is 33.0 Å². The molecule has 1 amide bonds. The molecule has 3 N–H and O–H groups in total. The number of aromatic amines is 1. The van der Waals surface area contributed by atoms with Crippen LogP contribution in [0.2, 0.25) is 0 Å². The first-order valence-electron chi connectivity index (χ1n) is 9.38. The van der Waals surface area contributed by atoms with Crippen molar-refractivity contribution in [1.82, 2.24) is 34.7 Å². The molecule has 4 aromatic rings. The van der Waals surface area contributed by atoms with E-state index in [1.807, 2.05) is 42.9 Å². The molecule has 0 unspecified atom stereocenters. The van der Waals surface area contributed by atoms with Crippen LogP contribution in [-0.2, 0) is 18.4 Å². The minimum Gasteiger partial charge on any atom is -0.371 e. The van der Waals surface area contributed by atoms with Crippen LogP contribution in [0.3, 0.4) is 0 Å². The van der Waals surface area contributed by atoms with E-state index in [1.165, 1.54) is 0 Å². The summed E-state index contributed by atoms with van der Waals surface area (Å²) in [5.41, 5.74) is 5.11. The van der Waals surface area contributed by atoms with Gasteiger partial charge in [0.25, 0.3) is 0 Å². The van der Waals surface area contributed by atoms with Crippen molar-refractivity contribution in [1.29, 1.82) is 0 Å². The average molecular weight is 392 g/mol. The Morgan fingerprint density at radius 2 is 2.10 bits per heavy atom. The molecule has 0 aliphatic heterocycles. The number of carbonyl (C=O) groups is 1. The molecular formula is C20H24N8O. The van der Waals surface area contributed by atoms with E-state index in [9.17, 15) is 4.79 Å². The minimum atomic E-state index is 0.0210. The van der Waals surface area contributed by atoms with E-state index in [2.05, 4.69) is 25.6 Å². The lowest BCUT2D eigenvalue weighted by Crippen LogP contribution is -2.33. The van der Waals surface area contributed by atoms with E-state index in [-0.39, 0.29) is 5.91 Å². The predicted octanol–water partition coefficient (Wildman–Crippen LogP) is 1.73. The highest BCUT2D eigenvalue weighted by molar-refractivity contribution is 6.07. The van der Waals surface area contributed by atoms with Crippen molar-refractivity contribution in [2.45, 2.75) is 6.54 Å². The summed E-state index contributed by atoms with van der Waals surface area (Å²) in [6.07, 6.45) is 1.79. The molecule has 4 heterocycles. The summed E-state index contributed by atoms with van der Waals surface area (Å²) in [7, 11) is 7.34. The lowest BCUT2D eigenvalue weighted by atomic mass is 10.2. The van der Waals surface area contributed by atoms with Gasteiger partial charge < -0.3 is 25.1 Å². The molecule has 29 heavy (non-hydrogen) atoms. The van der Waals surface area contributed by atoms with Gasteiger partial charge in [0.05, 0.1) is 42.0 Å². The van der Waals surface area contributed by atoms with Crippen LogP contribution in [-0.4, -0.2) is 63.0 Å². The number of fused-ring (bicyclic) bond motifs is 3. The molecule has 0 bridgehead atoms. The van der Waals surface area contributed by atoms with Crippen LogP contribution < -0.4 is 10.6 Å². The minimum absolute atomic E-state index is 0.0210. The largest absolute Gasteiger partial charge is 0.371 e. The highest BCUT2D eigenvalue weighted by Gasteiger charge is 2.16. The molecule has 9 heteroatoms. The van der Waals surface area contributed by atoms with Crippen LogP contribution in [0.15, 0.2) is 30.6 Å². The zero-order valence-electron chi connectivity index (χ0n) is 16.9. The molecule has 0 aromatic carbocycles. The standard InChI is InChI=1S/C20H24N8O/c1-21-9-16(29)27(3)10-12-6-5-7-14(24-12)15-8-13-18-17(23-11-28(18)4)20(22-2)26-19(13)25-15/h5-8,11,21H,9-10H2,1-4H3,(H2,22,25,26). The summed E-state index contributed by atoms with van der Waals surface area (Å²) in [4.78, 5) is 30.9. The van der Waals surface area contributed by atoms with Crippen molar-refractivity contribution in [2.24, 2.45) is 7.05 Å². The Balaban J connectivity index is 1.73. The Kier molecular flexibility index (Phi) is 4.89. The lowest BCUT2D eigenvalue weighted by Gasteiger charge is -2.16. The Labute approximate surface area is 168 Å². The first-order chi connectivity index (χ1) is 14.0. The highest BCUT2D eigenvalue weighted by Crippen LogP contribution is 2.31. The fourth-order valence-corrected chi connectivity index (χ4v) is 3.45. The maximum absolute atomic E-state index is 12.0. The number of nitrogens with one attached hydrogen (secondary N) is 3. The van der Waals surface area contributed by atoms with Crippen molar-refractivity contribution in [3.05, 3.63) is 36.3 Å². The van der Waals surface area contributed by atoms with Crippen LogP contribution in [0.1, 0.15) is 5.69 Å². The smallest absolute Gasteiger partial charge is 0.236 e. The van der Waals surface area contributed by atoms with Crippen LogP contribution in [0, 0.1) is 0 Å². The Bertz CT molecular complexity index is 1190. The fourth-order valence-electron chi connectivity index (χ4n) is 3.45. The molecule has 0 saturated heterocycles. The number of H-pyrrole nitrogens is 1. The molecule has 0 saturated carbocycles. The molecule has 4 aromatic heterocycles. The molecule has 0 atom stereocenters. The number of hydrogen-bond acceptors (Lipinski definition) is 6. The van der Waals surface area contributed by atoms with Gasteiger partial charge in [-0.2, -0.15) is 0 Å². The fraction of sp³-hybridized carbons (Fsp3) is 0.300. The van der Waals surface area contributed by atoms with E-state index in [1.54, 1.807) is 25.3 Å². The van der Waals surface area contributed by atoms with Gasteiger partial charge in [-0.05, 0) is 25.2 Å². The number of nitrogens with zero attached hydrogens (tertiary/aromatic N) is 5. The third-order valence-electron chi connectivity index (χ3n) is 4.91. The highest BCUT2D eigenvalue weighted by atomic mass is 16.2. The van der Waals surface area contributed by atoms with Gasteiger partial charge in [0.15, 0.2) is 5.82 Å². The van der Waals surface area contributed by atoms with Gasteiger partial charge in [0, 0.05) is 26.5 Å². The Morgan fingerprint density at radius 1 is 1.28 bits per heavy atom. The second kappa shape index (κ2) is 7.51. The molecule has 150 valence electrons. The Hall–Kier alpha value is -3.46. The van der Waals surface area contributed by atoms with Gasteiger partial charge in [-0.25, -0.2) is 15.0 Å². The van der Waals surface area contributed by atoms with Gasteiger partial charge in [0.1, 0.15) is 11.2 Å². The number of aromatic nitrogens is 5. The Morgan fingerprint density at radius 3 is 2.86 bits per heavy atom. The number of aryl methyl sites for hydroxylation is 1. The van der Waals surface area contributed by atoms with E-state index >= 15 is 0 Å². The molecule has 0 aliphatic carbocycles. The van der Waals surface area contributed by atoms with Crippen LogP contribution in [0.4, 0.5) is 5.82 Å². The molecule has 0 aliphatic rings. The van der Waals surface area contributed by atoms with Gasteiger partial charge in [0.2, 0.25) is 5.91 Å². The van der Waals surface area contributed by atoms with Crippen molar-refractivity contribution >= 4 is 33.8 Å². The summed E-state index contributed by atoms with van der Waals surface area (Å²) >= 11 is 0. The van der Waals surface area contributed by atoms with Crippen molar-refractivity contribution < 1.29 is 4.79 Å². The second-order valence-electron chi connectivity index (χ2n) is 7.00. The van der Waals surface area contributed by atoms with E-state index < -0.39 is 0 Å². The van der Waals surface area contributed by atoms with E-state index in [0.717, 1.165) is 45.0 Å². The number of likely N-dealkylation sites (N-methyl/N-ethyl adjacent to an activating group) is 2. The molecule has 0 spiro atoms. The second-order valence-corrected chi connectivity index (χ2v) is 7.00. The molecular weight excluding hydrogens is 368 g/mol. The third-order valence-corrected chi connectivity index (χ3v) is 4.91. The number of imidazole rings is 1. The van der Waals surface area contributed by atoms with Crippen LogP contribution >= 0.6 is 0 Å². The molecule has 9 nitrogen and oxygen atoms in total. The lowest BCUT2D eigenvalue weighted by molar-refractivity contribution is -0.129. The van der Waals surface area contributed by atoms with Gasteiger partial charge in [-0.1, -0.05) is 6.07 Å². The zero-order chi connectivity index (χ0) is 20.5. The molecule has 4 rings (SSSR count). The van der Waals surface area contributed by atoms with Crippen LogP contribution in [0.5, 0.6) is 0 Å². The quantitative estimate of drug-likeness (QED) is 0.462. The van der Waals surface area contributed by atoms with E-state index in [4.69, 9.17) is 4.98 Å².